The lowest BCUT2D eigenvalue weighted by molar-refractivity contribution is 0.0830. The molecule has 0 radical (unpaired) electrons. The van der Waals surface area contributed by atoms with E-state index < -0.39 is 34.0 Å². The fourth-order valence-electron chi connectivity index (χ4n) is 5.05. The third-order valence-corrected chi connectivity index (χ3v) is 9.07. The molecule has 0 spiro atoms. The summed E-state index contributed by atoms with van der Waals surface area (Å²) in [6.07, 6.45) is -0.739. The van der Waals surface area contributed by atoms with Crippen LogP contribution >= 0.6 is 0 Å². The van der Waals surface area contributed by atoms with Crippen LogP contribution < -0.4 is 25.4 Å². The monoisotopic (exact) mass is 674 g/mol. The summed E-state index contributed by atoms with van der Waals surface area (Å²) in [7, 11) is -2.26. The molecule has 6 N–H and O–H groups in total. The van der Waals surface area contributed by atoms with Crippen LogP contribution in [0.2, 0.25) is 0 Å². The maximum atomic E-state index is 13.8. The highest BCUT2D eigenvalue weighted by atomic mass is 32.2. The van der Waals surface area contributed by atoms with Crippen LogP contribution in [0.5, 0.6) is 11.5 Å². The molecule has 4 aromatic rings. The number of nitrogens with one attached hydrogen (secondary N) is 4. The van der Waals surface area contributed by atoms with E-state index in [4.69, 9.17) is 4.74 Å². The number of aliphatic hydroxyl groups is 1. The van der Waals surface area contributed by atoms with E-state index in [1.54, 1.807) is 12.1 Å². The molecular formula is C36H42N4O7S. The van der Waals surface area contributed by atoms with Gasteiger partial charge in [0.25, 0.3) is 11.8 Å². The average molecular weight is 675 g/mol. The Labute approximate surface area is 281 Å². The topological polar surface area (TPSA) is 166 Å². The number of hydrogen-bond donors (Lipinski definition) is 6. The SMILES string of the molecule is CCS(=O)(=O)Nc1cc(C(=O)NC(C)c2ccccc2)cc(C(=O)NC(Cc2ccccc2)C(O)CNCc2ccc(O)c(OC)c2)c1. The van der Waals surface area contributed by atoms with E-state index in [9.17, 15) is 28.2 Å². The Kier molecular flexibility index (Phi) is 12.6. The van der Waals surface area contributed by atoms with Crippen LogP contribution in [0.25, 0.3) is 0 Å². The van der Waals surface area contributed by atoms with Gasteiger partial charge in [0.15, 0.2) is 11.5 Å². The normalized spacial score (nSPS) is 13.2. The summed E-state index contributed by atoms with van der Waals surface area (Å²) in [6, 6.07) is 26.7. The minimum atomic E-state index is -3.72. The molecule has 4 aromatic carbocycles. The lowest BCUT2D eigenvalue weighted by atomic mass is 10.00. The maximum Gasteiger partial charge on any atom is 0.251 e. The highest BCUT2D eigenvalue weighted by molar-refractivity contribution is 7.92. The molecule has 11 nitrogen and oxygen atoms in total. The number of aromatic hydroxyl groups is 1. The molecule has 0 aliphatic heterocycles. The standard InChI is InChI=1S/C36H42N4O7S/c1-4-48(45,46)40-30-20-28(35(43)38-24(2)27-13-9-6-10-14-27)19-29(21-30)36(44)39-31(17-25-11-7-5-8-12-25)33(42)23-37-22-26-15-16-32(41)34(18-26)47-3/h5-16,18-21,24,31,33,37,40-42H,4,17,22-23H2,1-3H3,(H,38,43)(H,39,44). The number of ether oxygens (including phenoxy) is 1. The van der Waals surface area contributed by atoms with Crippen LogP contribution in [0, 0.1) is 0 Å². The maximum absolute atomic E-state index is 13.8. The van der Waals surface area contributed by atoms with Gasteiger partial charge < -0.3 is 30.9 Å². The van der Waals surface area contributed by atoms with Gasteiger partial charge >= 0.3 is 0 Å². The molecule has 254 valence electrons. The van der Waals surface area contributed by atoms with Gasteiger partial charge in [-0.2, -0.15) is 0 Å². The fraction of sp³-hybridized carbons (Fsp3) is 0.278. The Morgan fingerprint density at radius 2 is 1.46 bits per heavy atom. The summed E-state index contributed by atoms with van der Waals surface area (Å²) in [6.45, 7) is 3.78. The molecule has 0 saturated carbocycles. The zero-order chi connectivity index (χ0) is 34.7. The zero-order valence-corrected chi connectivity index (χ0v) is 28.0. The number of sulfonamides is 1. The van der Waals surface area contributed by atoms with E-state index in [2.05, 4.69) is 20.7 Å². The quantitative estimate of drug-likeness (QED) is 0.103. The van der Waals surface area contributed by atoms with Crippen LogP contribution in [-0.4, -0.2) is 62.0 Å². The number of anilines is 1. The van der Waals surface area contributed by atoms with Crippen LogP contribution in [0.15, 0.2) is 97.1 Å². The molecule has 12 heteroatoms. The summed E-state index contributed by atoms with van der Waals surface area (Å²) < 4.78 is 32.5. The number of phenols is 1. The third kappa shape index (κ3) is 10.3. The molecule has 3 atom stereocenters. The van der Waals surface area contributed by atoms with Crippen molar-refractivity contribution in [1.82, 2.24) is 16.0 Å². The van der Waals surface area contributed by atoms with Gasteiger partial charge in [-0.15, -0.1) is 0 Å². The first-order valence-electron chi connectivity index (χ1n) is 15.6. The largest absolute Gasteiger partial charge is 0.504 e. The second-order valence-electron chi connectivity index (χ2n) is 11.4. The molecule has 0 bridgehead atoms. The van der Waals surface area contributed by atoms with Crippen molar-refractivity contribution in [2.75, 3.05) is 24.1 Å². The van der Waals surface area contributed by atoms with E-state index in [0.29, 0.717) is 18.7 Å². The Hall–Kier alpha value is -4.91. The second kappa shape index (κ2) is 16.8. The molecule has 0 aromatic heterocycles. The van der Waals surface area contributed by atoms with Gasteiger partial charge in [-0.25, -0.2) is 8.42 Å². The molecule has 4 rings (SSSR count). The van der Waals surface area contributed by atoms with E-state index >= 15 is 0 Å². The highest BCUT2D eigenvalue weighted by Crippen LogP contribution is 2.26. The molecule has 3 unspecified atom stereocenters. The molecule has 0 heterocycles. The number of hydrogen-bond acceptors (Lipinski definition) is 8. The van der Waals surface area contributed by atoms with E-state index in [1.807, 2.05) is 67.6 Å². The van der Waals surface area contributed by atoms with Gasteiger partial charge in [0.2, 0.25) is 10.0 Å². The van der Waals surface area contributed by atoms with Crippen LogP contribution in [0.1, 0.15) is 57.3 Å². The first-order valence-corrected chi connectivity index (χ1v) is 17.2. The molecule has 0 saturated heterocycles. The Morgan fingerprint density at radius 1 is 0.833 bits per heavy atom. The van der Waals surface area contributed by atoms with Crippen molar-refractivity contribution in [1.29, 1.82) is 0 Å². The number of aliphatic hydroxyl groups excluding tert-OH is 1. The van der Waals surface area contributed by atoms with Crippen molar-refractivity contribution in [2.45, 2.75) is 45.0 Å². The van der Waals surface area contributed by atoms with Crippen LogP contribution in [0.3, 0.4) is 0 Å². The Morgan fingerprint density at radius 3 is 2.08 bits per heavy atom. The molecule has 0 aliphatic carbocycles. The summed E-state index contributed by atoms with van der Waals surface area (Å²) in [5, 5.41) is 30.1. The van der Waals surface area contributed by atoms with Gasteiger partial charge in [-0.05, 0) is 67.3 Å². The first kappa shape index (κ1) is 35.9. The summed E-state index contributed by atoms with van der Waals surface area (Å²) in [5.74, 6) is -0.944. The van der Waals surface area contributed by atoms with E-state index in [-0.39, 0.29) is 40.9 Å². The van der Waals surface area contributed by atoms with Crippen molar-refractivity contribution in [3.63, 3.8) is 0 Å². The van der Waals surface area contributed by atoms with Gasteiger partial charge in [0.1, 0.15) is 0 Å². The molecular weight excluding hydrogens is 632 g/mol. The van der Waals surface area contributed by atoms with Gasteiger partial charge in [-0.1, -0.05) is 66.7 Å². The number of phenolic OH excluding ortho intramolecular Hbond substituents is 1. The minimum absolute atomic E-state index is 0.0184. The van der Waals surface area contributed by atoms with E-state index in [0.717, 1.165) is 16.7 Å². The zero-order valence-electron chi connectivity index (χ0n) is 27.1. The smallest absolute Gasteiger partial charge is 0.251 e. The number of methoxy groups -OCH3 is 1. The predicted octanol–water partition coefficient (Wildman–Crippen LogP) is 4.15. The van der Waals surface area contributed by atoms with Gasteiger partial charge in [0, 0.05) is 24.2 Å². The molecule has 2 amide bonds. The number of carbonyl (C=O) groups is 2. The first-order chi connectivity index (χ1) is 23.0. The average Bonchev–Trinajstić information content (AvgIpc) is 3.09. The minimum Gasteiger partial charge on any atom is -0.504 e. The van der Waals surface area contributed by atoms with Crippen molar-refractivity contribution in [3.8, 4) is 11.5 Å². The van der Waals surface area contributed by atoms with Crippen molar-refractivity contribution in [3.05, 3.63) is 125 Å². The van der Waals surface area contributed by atoms with Crippen molar-refractivity contribution < 1.29 is 33.0 Å². The molecule has 0 aliphatic rings. The highest BCUT2D eigenvalue weighted by Gasteiger charge is 2.24. The summed E-state index contributed by atoms with van der Waals surface area (Å²) in [5.41, 5.74) is 2.77. The summed E-state index contributed by atoms with van der Waals surface area (Å²) in [4.78, 5) is 27.1. The number of rotatable bonds is 16. The summed E-state index contributed by atoms with van der Waals surface area (Å²) >= 11 is 0. The van der Waals surface area contributed by atoms with Crippen molar-refractivity contribution >= 4 is 27.5 Å². The Bertz CT molecular complexity index is 1790. The number of carbonyl (C=O) groups excluding carboxylic acids is 2. The molecule has 0 fully saturated rings. The van der Waals surface area contributed by atoms with Crippen LogP contribution in [0.4, 0.5) is 5.69 Å². The van der Waals surface area contributed by atoms with Crippen LogP contribution in [-0.2, 0) is 23.0 Å². The Balaban J connectivity index is 1.56. The number of amides is 2. The third-order valence-electron chi connectivity index (χ3n) is 7.76. The number of benzene rings is 4. The molecule has 48 heavy (non-hydrogen) atoms. The lowest BCUT2D eigenvalue weighted by Crippen LogP contribution is -2.48. The fourth-order valence-corrected chi connectivity index (χ4v) is 5.67. The van der Waals surface area contributed by atoms with Crippen molar-refractivity contribution in [2.24, 2.45) is 0 Å². The second-order valence-corrected chi connectivity index (χ2v) is 13.4. The van der Waals surface area contributed by atoms with E-state index in [1.165, 1.54) is 38.3 Å². The van der Waals surface area contributed by atoms with Gasteiger partial charge in [0.05, 0.1) is 36.7 Å². The lowest BCUT2D eigenvalue weighted by Gasteiger charge is -2.25. The predicted molar refractivity (Wildman–Crippen MR) is 186 cm³/mol. The van der Waals surface area contributed by atoms with Gasteiger partial charge in [-0.3, -0.25) is 14.3 Å².